The predicted molar refractivity (Wildman–Crippen MR) is 69.9 cm³/mol. The van der Waals surface area contributed by atoms with E-state index in [1.807, 2.05) is 0 Å². The molecular weight excluding hydrogens is 228 g/mol. The number of aromatic nitrogens is 2. The number of nitrogens with zero attached hydrogens (tertiary/aromatic N) is 2. The molecule has 0 bridgehead atoms. The molecule has 0 aliphatic heterocycles. The number of nitrogen functional groups attached to an aromatic ring is 1. The zero-order chi connectivity index (χ0) is 13.1. The molecule has 1 saturated carbocycles. The minimum absolute atomic E-state index is 0.187. The Labute approximate surface area is 107 Å². The van der Waals surface area contributed by atoms with E-state index in [4.69, 9.17) is 5.73 Å². The number of nitrogens with one attached hydrogen (secondary N) is 1. The molecule has 0 saturated heterocycles. The van der Waals surface area contributed by atoms with Gasteiger partial charge in [0.05, 0.1) is 0 Å². The van der Waals surface area contributed by atoms with Crippen LogP contribution in [0.3, 0.4) is 0 Å². The zero-order valence-corrected chi connectivity index (χ0v) is 10.9. The molecule has 3 atom stereocenters. The van der Waals surface area contributed by atoms with Crippen molar-refractivity contribution in [3.8, 4) is 0 Å². The molecule has 1 aliphatic carbocycles. The average Bonchev–Trinajstić information content (AvgIpc) is 2.35. The van der Waals surface area contributed by atoms with Crippen LogP contribution >= 0.6 is 0 Å². The fourth-order valence-electron chi connectivity index (χ4n) is 2.55. The highest BCUT2D eigenvalue weighted by molar-refractivity contribution is 5.96. The molecular formula is C13H20N4O. The maximum atomic E-state index is 12.1. The van der Waals surface area contributed by atoms with Gasteiger partial charge in [0.15, 0.2) is 11.5 Å². The van der Waals surface area contributed by atoms with E-state index in [1.54, 1.807) is 0 Å². The number of hydrogen-bond donors (Lipinski definition) is 2. The maximum absolute atomic E-state index is 12.1. The molecule has 1 fully saturated rings. The van der Waals surface area contributed by atoms with Crippen molar-refractivity contribution in [2.45, 2.75) is 39.2 Å². The summed E-state index contributed by atoms with van der Waals surface area (Å²) in [6, 6.07) is 0.211. The lowest BCUT2D eigenvalue weighted by Gasteiger charge is -2.34. The van der Waals surface area contributed by atoms with Crippen molar-refractivity contribution in [1.82, 2.24) is 15.3 Å². The van der Waals surface area contributed by atoms with E-state index in [0.29, 0.717) is 11.8 Å². The summed E-state index contributed by atoms with van der Waals surface area (Å²) in [5.41, 5.74) is 5.88. The second kappa shape index (κ2) is 5.33. The third kappa shape index (κ3) is 2.60. The first-order chi connectivity index (χ1) is 8.59. The molecule has 1 aromatic heterocycles. The Bertz CT molecular complexity index is 435. The first-order valence-corrected chi connectivity index (χ1v) is 6.47. The molecule has 1 heterocycles. The van der Waals surface area contributed by atoms with E-state index in [0.717, 1.165) is 12.8 Å². The SMILES string of the molecule is CC1CCCC(NC(=O)c2nccnc2N)C1C. The van der Waals surface area contributed by atoms with Crippen molar-refractivity contribution >= 4 is 11.7 Å². The smallest absolute Gasteiger partial charge is 0.273 e. The van der Waals surface area contributed by atoms with Crippen LogP contribution in [0, 0.1) is 11.8 Å². The van der Waals surface area contributed by atoms with Crippen LogP contribution in [0.1, 0.15) is 43.6 Å². The van der Waals surface area contributed by atoms with Crippen molar-refractivity contribution in [2.75, 3.05) is 5.73 Å². The van der Waals surface area contributed by atoms with E-state index >= 15 is 0 Å². The number of anilines is 1. The van der Waals surface area contributed by atoms with Gasteiger partial charge in [-0.1, -0.05) is 26.7 Å². The second-order valence-corrected chi connectivity index (χ2v) is 5.14. The summed E-state index contributed by atoms with van der Waals surface area (Å²) in [5.74, 6) is 1.10. The molecule has 18 heavy (non-hydrogen) atoms. The minimum Gasteiger partial charge on any atom is -0.382 e. The quantitative estimate of drug-likeness (QED) is 0.833. The van der Waals surface area contributed by atoms with Gasteiger partial charge in [-0.25, -0.2) is 9.97 Å². The van der Waals surface area contributed by atoms with Crippen LogP contribution in [-0.4, -0.2) is 21.9 Å². The highest BCUT2D eigenvalue weighted by Crippen LogP contribution is 2.29. The van der Waals surface area contributed by atoms with Crippen molar-refractivity contribution < 1.29 is 4.79 Å². The van der Waals surface area contributed by atoms with Gasteiger partial charge in [0, 0.05) is 18.4 Å². The topological polar surface area (TPSA) is 80.9 Å². The maximum Gasteiger partial charge on any atom is 0.273 e. The average molecular weight is 248 g/mol. The fraction of sp³-hybridized carbons (Fsp3) is 0.615. The van der Waals surface area contributed by atoms with Crippen LogP contribution in [0.15, 0.2) is 12.4 Å². The molecule has 1 amide bonds. The Hall–Kier alpha value is -1.65. The van der Waals surface area contributed by atoms with E-state index < -0.39 is 0 Å². The molecule has 0 aromatic carbocycles. The van der Waals surface area contributed by atoms with Gasteiger partial charge in [-0.15, -0.1) is 0 Å². The van der Waals surface area contributed by atoms with Gasteiger partial charge in [-0.2, -0.15) is 0 Å². The molecule has 1 aromatic rings. The van der Waals surface area contributed by atoms with Crippen LogP contribution in [0.2, 0.25) is 0 Å². The Kier molecular flexibility index (Phi) is 3.79. The van der Waals surface area contributed by atoms with E-state index in [1.165, 1.54) is 18.8 Å². The van der Waals surface area contributed by atoms with Crippen molar-refractivity contribution in [1.29, 1.82) is 0 Å². The van der Waals surface area contributed by atoms with Gasteiger partial charge < -0.3 is 11.1 Å². The Balaban J connectivity index is 2.05. The molecule has 3 N–H and O–H groups in total. The molecule has 5 nitrogen and oxygen atoms in total. The summed E-state index contributed by atoms with van der Waals surface area (Å²) >= 11 is 0. The molecule has 0 radical (unpaired) electrons. The Morgan fingerprint density at radius 2 is 2.06 bits per heavy atom. The van der Waals surface area contributed by atoms with Crippen LogP contribution in [0.25, 0.3) is 0 Å². The molecule has 2 rings (SSSR count). The van der Waals surface area contributed by atoms with Crippen LogP contribution in [0.5, 0.6) is 0 Å². The molecule has 98 valence electrons. The molecule has 3 unspecified atom stereocenters. The highest BCUT2D eigenvalue weighted by Gasteiger charge is 2.29. The van der Waals surface area contributed by atoms with Gasteiger partial charge in [0.1, 0.15) is 0 Å². The first kappa shape index (κ1) is 12.8. The van der Waals surface area contributed by atoms with Crippen LogP contribution < -0.4 is 11.1 Å². The normalized spacial score (nSPS) is 27.8. The van der Waals surface area contributed by atoms with E-state index in [9.17, 15) is 4.79 Å². The van der Waals surface area contributed by atoms with Crippen LogP contribution in [-0.2, 0) is 0 Å². The number of rotatable bonds is 2. The zero-order valence-electron chi connectivity index (χ0n) is 10.9. The largest absolute Gasteiger partial charge is 0.382 e. The monoisotopic (exact) mass is 248 g/mol. The van der Waals surface area contributed by atoms with Gasteiger partial charge >= 0.3 is 0 Å². The third-order valence-electron chi connectivity index (χ3n) is 3.96. The lowest BCUT2D eigenvalue weighted by atomic mass is 9.78. The van der Waals surface area contributed by atoms with Gasteiger partial charge in [0.25, 0.3) is 5.91 Å². The first-order valence-electron chi connectivity index (χ1n) is 6.47. The summed E-state index contributed by atoms with van der Waals surface area (Å²) in [4.78, 5) is 20.0. The van der Waals surface area contributed by atoms with E-state index in [2.05, 4.69) is 29.1 Å². The predicted octanol–water partition coefficient (Wildman–Crippen LogP) is 1.61. The lowest BCUT2D eigenvalue weighted by molar-refractivity contribution is 0.0886. The van der Waals surface area contributed by atoms with Gasteiger partial charge in [0.2, 0.25) is 0 Å². The molecule has 1 aliphatic rings. The number of nitrogens with two attached hydrogens (primary N) is 1. The summed E-state index contributed by atoms with van der Waals surface area (Å²) in [6.45, 7) is 4.43. The molecule has 5 heteroatoms. The third-order valence-corrected chi connectivity index (χ3v) is 3.96. The Morgan fingerprint density at radius 1 is 1.33 bits per heavy atom. The standard InChI is InChI=1S/C13H20N4O/c1-8-4-3-5-10(9(8)2)17-13(18)11-12(14)16-7-6-15-11/h6-10H,3-5H2,1-2H3,(H2,14,16)(H,17,18). The number of carbonyl (C=O) groups is 1. The van der Waals surface area contributed by atoms with Crippen molar-refractivity contribution in [3.63, 3.8) is 0 Å². The number of amides is 1. The van der Waals surface area contributed by atoms with Gasteiger partial charge in [-0.05, 0) is 18.3 Å². The second-order valence-electron chi connectivity index (χ2n) is 5.14. The Morgan fingerprint density at radius 3 is 2.78 bits per heavy atom. The molecule has 0 spiro atoms. The van der Waals surface area contributed by atoms with Crippen LogP contribution in [0.4, 0.5) is 5.82 Å². The highest BCUT2D eigenvalue weighted by atomic mass is 16.2. The van der Waals surface area contributed by atoms with E-state index in [-0.39, 0.29) is 23.5 Å². The minimum atomic E-state index is -0.216. The summed E-state index contributed by atoms with van der Waals surface area (Å²) < 4.78 is 0. The lowest BCUT2D eigenvalue weighted by Crippen LogP contribution is -2.44. The summed E-state index contributed by atoms with van der Waals surface area (Å²) in [6.07, 6.45) is 6.39. The van der Waals surface area contributed by atoms with Crippen molar-refractivity contribution in [3.05, 3.63) is 18.1 Å². The fourth-order valence-corrected chi connectivity index (χ4v) is 2.55. The van der Waals surface area contributed by atoms with Gasteiger partial charge in [-0.3, -0.25) is 4.79 Å². The summed E-state index contributed by atoms with van der Waals surface area (Å²) in [5, 5.41) is 3.03. The summed E-state index contributed by atoms with van der Waals surface area (Å²) in [7, 11) is 0. The number of carbonyl (C=O) groups excluding carboxylic acids is 1. The number of hydrogen-bond acceptors (Lipinski definition) is 4. The van der Waals surface area contributed by atoms with Crippen molar-refractivity contribution in [2.24, 2.45) is 11.8 Å².